The van der Waals surface area contributed by atoms with Crippen molar-refractivity contribution in [3.63, 3.8) is 0 Å². The smallest absolute Gasteiger partial charge is 0.126 e. The van der Waals surface area contributed by atoms with Crippen molar-refractivity contribution >= 4 is 11.8 Å². The van der Waals surface area contributed by atoms with Crippen molar-refractivity contribution in [2.75, 3.05) is 6.61 Å². The maximum atomic E-state index is 9.86. The van der Waals surface area contributed by atoms with Gasteiger partial charge < -0.3 is 25.8 Å². The van der Waals surface area contributed by atoms with Gasteiger partial charge in [-0.2, -0.15) is 0 Å². The molecule has 2 unspecified atom stereocenters. The number of aliphatic hydroxyl groups is 3. The van der Waals surface area contributed by atoms with Crippen LogP contribution in [-0.2, 0) is 4.74 Å². The van der Waals surface area contributed by atoms with E-state index in [0.29, 0.717) is 0 Å². The maximum absolute atomic E-state index is 9.86. The Hall–Kier alpha value is -0.630. The van der Waals surface area contributed by atoms with Gasteiger partial charge in [-0.15, -0.1) is 0 Å². The Morgan fingerprint density at radius 3 is 2.42 bits per heavy atom. The lowest BCUT2D eigenvalue weighted by Crippen LogP contribution is -2.60. The quantitative estimate of drug-likeness (QED) is 0.617. The highest BCUT2D eigenvalue weighted by molar-refractivity contribution is 7.99. The van der Waals surface area contributed by atoms with Gasteiger partial charge in [0.25, 0.3) is 0 Å². The standard InChI is InChI=1S/C13H19NO4S/c1-7-2-4-8(5-3-7)19-13-10(14)12(17)11(16)9(6-15)18-13/h2-5,9-13,15-17H,6,14H2,1H3/t9?,10-,11?,12+,13+/m0/s1. The van der Waals surface area contributed by atoms with E-state index in [2.05, 4.69) is 0 Å². The summed E-state index contributed by atoms with van der Waals surface area (Å²) in [6, 6.07) is 7.14. The molecule has 0 spiro atoms. The van der Waals surface area contributed by atoms with Gasteiger partial charge in [-0.25, -0.2) is 0 Å². The molecular weight excluding hydrogens is 266 g/mol. The molecule has 1 heterocycles. The average molecular weight is 285 g/mol. The lowest BCUT2D eigenvalue weighted by atomic mass is 9.99. The number of benzene rings is 1. The van der Waals surface area contributed by atoms with Crippen molar-refractivity contribution in [1.29, 1.82) is 0 Å². The first-order valence-electron chi connectivity index (χ1n) is 6.14. The van der Waals surface area contributed by atoms with E-state index in [-0.39, 0.29) is 6.61 Å². The van der Waals surface area contributed by atoms with E-state index >= 15 is 0 Å². The summed E-state index contributed by atoms with van der Waals surface area (Å²) < 4.78 is 5.54. The zero-order valence-corrected chi connectivity index (χ0v) is 11.5. The summed E-state index contributed by atoms with van der Waals surface area (Å²) in [6.45, 7) is 1.65. The van der Waals surface area contributed by atoms with Gasteiger partial charge in [-0.3, -0.25) is 0 Å². The number of hydrogen-bond donors (Lipinski definition) is 4. The largest absolute Gasteiger partial charge is 0.394 e. The highest BCUT2D eigenvalue weighted by atomic mass is 32.2. The van der Waals surface area contributed by atoms with Gasteiger partial charge in [0.15, 0.2) is 0 Å². The van der Waals surface area contributed by atoms with Crippen LogP contribution in [-0.4, -0.2) is 51.7 Å². The van der Waals surface area contributed by atoms with Crippen LogP contribution in [0.2, 0.25) is 0 Å². The predicted molar refractivity (Wildman–Crippen MR) is 72.8 cm³/mol. The molecule has 0 aliphatic carbocycles. The van der Waals surface area contributed by atoms with E-state index in [0.717, 1.165) is 10.5 Å². The van der Waals surface area contributed by atoms with Crippen LogP contribution >= 0.6 is 11.8 Å². The Bertz CT molecular complexity index is 412. The predicted octanol–water partition coefficient (Wildman–Crippen LogP) is -0.147. The van der Waals surface area contributed by atoms with E-state index in [1.165, 1.54) is 11.8 Å². The molecule has 0 radical (unpaired) electrons. The highest BCUT2D eigenvalue weighted by Gasteiger charge is 2.42. The minimum Gasteiger partial charge on any atom is -0.394 e. The summed E-state index contributed by atoms with van der Waals surface area (Å²) in [5.41, 5.74) is 6.52. The number of aliphatic hydroxyl groups excluding tert-OH is 3. The van der Waals surface area contributed by atoms with Gasteiger partial charge in [0.2, 0.25) is 0 Å². The van der Waals surface area contributed by atoms with Crippen molar-refractivity contribution < 1.29 is 20.1 Å². The van der Waals surface area contributed by atoms with Crippen LogP contribution in [0.15, 0.2) is 29.2 Å². The summed E-state index contributed by atoms with van der Waals surface area (Å²) >= 11 is 1.38. The molecule has 19 heavy (non-hydrogen) atoms. The van der Waals surface area contributed by atoms with Gasteiger partial charge in [-0.1, -0.05) is 29.5 Å². The number of nitrogens with two attached hydrogens (primary N) is 1. The van der Waals surface area contributed by atoms with Crippen molar-refractivity contribution in [3.05, 3.63) is 29.8 Å². The average Bonchev–Trinajstić information content (AvgIpc) is 2.42. The Balaban J connectivity index is 2.08. The van der Waals surface area contributed by atoms with Gasteiger partial charge in [-0.05, 0) is 19.1 Å². The van der Waals surface area contributed by atoms with Gasteiger partial charge in [0, 0.05) is 4.90 Å². The monoisotopic (exact) mass is 285 g/mol. The molecular formula is C13H19NO4S. The number of hydrogen-bond acceptors (Lipinski definition) is 6. The minimum absolute atomic E-state index is 0.351. The molecule has 2 rings (SSSR count). The highest BCUT2D eigenvalue weighted by Crippen LogP contribution is 2.32. The number of ether oxygens (including phenoxy) is 1. The van der Waals surface area contributed by atoms with Crippen molar-refractivity contribution in [2.45, 2.75) is 41.6 Å². The van der Waals surface area contributed by atoms with Gasteiger partial charge >= 0.3 is 0 Å². The molecule has 1 aromatic rings. The first-order chi connectivity index (χ1) is 9.02. The number of aryl methyl sites for hydroxylation is 1. The fourth-order valence-corrected chi connectivity index (χ4v) is 3.04. The second kappa shape index (κ2) is 6.21. The molecule has 5 nitrogen and oxygen atoms in total. The summed E-state index contributed by atoms with van der Waals surface area (Å²) in [4.78, 5) is 0.964. The van der Waals surface area contributed by atoms with E-state index in [4.69, 9.17) is 15.6 Å². The molecule has 5 atom stereocenters. The van der Waals surface area contributed by atoms with E-state index in [1.54, 1.807) is 0 Å². The van der Waals surface area contributed by atoms with Crippen LogP contribution in [0.1, 0.15) is 5.56 Å². The zero-order chi connectivity index (χ0) is 14.0. The second-order valence-corrected chi connectivity index (χ2v) is 5.89. The van der Waals surface area contributed by atoms with Crippen LogP contribution in [0, 0.1) is 6.92 Å². The SMILES string of the molecule is Cc1ccc(S[C@H]2OC(CO)C(O)[C@H](O)[C@@H]2N)cc1. The van der Waals surface area contributed by atoms with E-state index < -0.39 is 29.8 Å². The summed E-state index contributed by atoms with van der Waals surface area (Å²) in [5, 5.41) is 28.7. The Labute approximate surface area is 116 Å². The normalized spacial score (nSPS) is 35.3. The number of thioether (sulfide) groups is 1. The minimum atomic E-state index is -1.16. The lowest BCUT2D eigenvalue weighted by molar-refractivity contribution is -0.165. The molecule has 106 valence electrons. The molecule has 1 aromatic carbocycles. The Kier molecular flexibility index (Phi) is 4.83. The molecule has 1 saturated heterocycles. The van der Waals surface area contributed by atoms with Crippen LogP contribution in [0.4, 0.5) is 0 Å². The Morgan fingerprint density at radius 2 is 1.84 bits per heavy atom. The van der Waals surface area contributed by atoms with Crippen molar-refractivity contribution in [3.8, 4) is 0 Å². The third-order valence-corrected chi connectivity index (χ3v) is 4.40. The molecule has 0 bridgehead atoms. The third kappa shape index (κ3) is 3.28. The fourth-order valence-electron chi connectivity index (χ4n) is 1.96. The van der Waals surface area contributed by atoms with Crippen molar-refractivity contribution in [2.24, 2.45) is 5.73 Å². The lowest BCUT2D eigenvalue weighted by Gasteiger charge is -2.40. The summed E-state index contributed by atoms with van der Waals surface area (Å²) in [7, 11) is 0. The summed E-state index contributed by atoms with van der Waals surface area (Å²) in [6.07, 6.45) is -3.07. The van der Waals surface area contributed by atoms with Gasteiger partial charge in [0.05, 0.1) is 12.6 Å². The number of rotatable bonds is 3. The van der Waals surface area contributed by atoms with Gasteiger partial charge in [0.1, 0.15) is 23.7 Å². The molecule has 6 heteroatoms. The topological polar surface area (TPSA) is 95.9 Å². The zero-order valence-electron chi connectivity index (χ0n) is 10.6. The van der Waals surface area contributed by atoms with Crippen molar-refractivity contribution in [1.82, 2.24) is 0 Å². The van der Waals surface area contributed by atoms with E-state index in [9.17, 15) is 10.2 Å². The van der Waals surface area contributed by atoms with Crippen LogP contribution < -0.4 is 5.73 Å². The maximum Gasteiger partial charge on any atom is 0.126 e. The fraction of sp³-hybridized carbons (Fsp3) is 0.538. The molecule has 1 fully saturated rings. The van der Waals surface area contributed by atoms with E-state index in [1.807, 2.05) is 31.2 Å². The second-order valence-electron chi connectivity index (χ2n) is 4.71. The first-order valence-corrected chi connectivity index (χ1v) is 7.02. The third-order valence-electron chi connectivity index (χ3n) is 3.20. The first kappa shape index (κ1) is 14.8. The molecule has 0 amide bonds. The molecule has 5 N–H and O–H groups in total. The van der Waals surface area contributed by atoms with Crippen LogP contribution in [0.5, 0.6) is 0 Å². The summed E-state index contributed by atoms with van der Waals surface area (Å²) in [5.74, 6) is 0. The van der Waals surface area contributed by atoms with Crippen LogP contribution in [0.3, 0.4) is 0 Å². The molecule has 0 saturated carbocycles. The molecule has 1 aliphatic heterocycles. The Morgan fingerprint density at radius 1 is 1.21 bits per heavy atom. The van der Waals surface area contributed by atoms with Crippen LogP contribution in [0.25, 0.3) is 0 Å². The molecule has 1 aliphatic rings. The molecule has 0 aromatic heterocycles.